The molecule has 2 N–H and O–H groups in total. The van der Waals surface area contributed by atoms with Gasteiger partial charge < -0.3 is 20.4 Å². The lowest BCUT2D eigenvalue weighted by Crippen LogP contribution is -2.44. The van der Waals surface area contributed by atoms with Crippen molar-refractivity contribution in [2.24, 2.45) is 4.99 Å². The number of hydrogen-bond donors (Lipinski definition) is 2. The van der Waals surface area contributed by atoms with Crippen LogP contribution in [-0.4, -0.2) is 55.6 Å². The third-order valence-electron chi connectivity index (χ3n) is 5.12. The van der Waals surface area contributed by atoms with Crippen molar-refractivity contribution in [3.8, 4) is 0 Å². The number of benzene rings is 1. The third-order valence-corrected chi connectivity index (χ3v) is 5.12. The smallest absolute Gasteiger partial charge is 0.357 e. The van der Waals surface area contributed by atoms with E-state index in [9.17, 15) is 13.2 Å². The fraction of sp³-hybridized carbons (Fsp3) is 0.455. The van der Waals surface area contributed by atoms with Gasteiger partial charge in [-0.15, -0.1) is 0 Å². The molecule has 6 nitrogen and oxygen atoms in total. The van der Waals surface area contributed by atoms with Crippen molar-refractivity contribution < 1.29 is 13.2 Å². The maximum absolute atomic E-state index is 12.9. The summed E-state index contributed by atoms with van der Waals surface area (Å²) in [6.45, 7) is 7.20. The van der Waals surface area contributed by atoms with Crippen LogP contribution in [0, 0.1) is 0 Å². The van der Waals surface area contributed by atoms with Crippen LogP contribution in [0.15, 0.2) is 47.6 Å². The Labute approximate surface area is 181 Å². The Balaban J connectivity index is 1.62. The van der Waals surface area contributed by atoms with Gasteiger partial charge in [-0.1, -0.05) is 12.1 Å². The molecule has 1 aromatic carbocycles. The summed E-state index contributed by atoms with van der Waals surface area (Å²) < 4.78 is 38.7. The van der Waals surface area contributed by atoms with Gasteiger partial charge in [0.05, 0.1) is 12.1 Å². The first-order valence-electron chi connectivity index (χ1n) is 10.4. The number of nitrogens with zero attached hydrogens (tertiary/aromatic N) is 4. The molecule has 0 amide bonds. The van der Waals surface area contributed by atoms with Gasteiger partial charge in [0.15, 0.2) is 5.96 Å². The van der Waals surface area contributed by atoms with Crippen LogP contribution in [0.1, 0.15) is 23.6 Å². The zero-order valence-corrected chi connectivity index (χ0v) is 17.9. The van der Waals surface area contributed by atoms with Crippen LogP contribution in [-0.2, 0) is 19.3 Å². The minimum Gasteiger partial charge on any atom is -0.357 e. The third kappa shape index (κ3) is 6.85. The summed E-state index contributed by atoms with van der Waals surface area (Å²) in [5.74, 6) is 1.51. The number of hydrogen-bond acceptors (Lipinski definition) is 4. The van der Waals surface area contributed by atoms with E-state index in [4.69, 9.17) is 0 Å². The molecule has 0 aliphatic carbocycles. The number of guanidine groups is 1. The first-order chi connectivity index (χ1) is 14.8. The molecule has 0 radical (unpaired) electrons. The van der Waals surface area contributed by atoms with Crippen molar-refractivity contribution in [2.45, 2.75) is 26.2 Å². The van der Waals surface area contributed by atoms with Crippen LogP contribution in [0.5, 0.6) is 0 Å². The number of likely N-dealkylation sites (N-methyl/N-ethyl adjacent to an activating group) is 1. The van der Waals surface area contributed by atoms with E-state index >= 15 is 0 Å². The summed E-state index contributed by atoms with van der Waals surface area (Å²) >= 11 is 0. The van der Waals surface area contributed by atoms with Crippen LogP contribution in [0.25, 0.3) is 0 Å². The Hall–Kier alpha value is -2.81. The van der Waals surface area contributed by atoms with Crippen molar-refractivity contribution >= 4 is 11.8 Å². The second-order valence-electron chi connectivity index (χ2n) is 7.56. The van der Waals surface area contributed by atoms with E-state index in [1.54, 1.807) is 12.3 Å². The largest absolute Gasteiger partial charge is 0.416 e. The fourth-order valence-corrected chi connectivity index (χ4v) is 3.32. The highest BCUT2D eigenvalue weighted by molar-refractivity contribution is 5.79. The maximum Gasteiger partial charge on any atom is 0.416 e. The topological polar surface area (TPSA) is 55.8 Å². The molecular weight excluding hydrogens is 405 g/mol. The number of pyridine rings is 1. The Morgan fingerprint density at radius 1 is 1.06 bits per heavy atom. The minimum absolute atomic E-state index is 0.155. The molecule has 31 heavy (non-hydrogen) atoms. The zero-order chi connectivity index (χ0) is 22.3. The second kappa shape index (κ2) is 10.5. The van der Waals surface area contributed by atoms with E-state index in [0.717, 1.165) is 49.7 Å². The summed E-state index contributed by atoms with van der Waals surface area (Å²) in [4.78, 5) is 13.5. The SMILES string of the molecule is CCNC(=NCc1cccc(C(F)(F)F)c1)NCc1ccnc(N2CCN(C)CC2)c1. The standard InChI is InChI=1S/C22H29F3N6/c1-3-26-21(28-15-17-5-4-6-19(13-17)22(23,24)25)29-16-18-7-8-27-20(14-18)31-11-9-30(2)10-12-31/h4-8,13-14H,3,9-12,15-16H2,1-2H3,(H2,26,28,29). The number of halogens is 3. The first-order valence-corrected chi connectivity index (χ1v) is 10.4. The number of alkyl halides is 3. The molecule has 1 fully saturated rings. The Kier molecular flexibility index (Phi) is 7.73. The van der Waals surface area contributed by atoms with Gasteiger partial charge >= 0.3 is 6.18 Å². The molecule has 2 aromatic rings. The van der Waals surface area contributed by atoms with Crippen molar-refractivity contribution in [1.29, 1.82) is 0 Å². The van der Waals surface area contributed by atoms with Crippen molar-refractivity contribution in [3.05, 3.63) is 59.3 Å². The van der Waals surface area contributed by atoms with Gasteiger partial charge in [-0.2, -0.15) is 13.2 Å². The highest BCUT2D eigenvalue weighted by Gasteiger charge is 2.30. The van der Waals surface area contributed by atoms with Crippen molar-refractivity contribution in [3.63, 3.8) is 0 Å². The van der Waals surface area contributed by atoms with Crippen LogP contribution >= 0.6 is 0 Å². The molecular formula is C22H29F3N6. The lowest BCUT2D eigenvalue weighted by atomic mass is 10.1. The molecule has 1 aliphatic rings. The molecule has 1 aromatic heterocycles. The molecule has 0 unspecified atom stereocenters. The van der Waals surface area contributed by atoms with Crippen LogP contribution in [0.3, 0.4) is 0 Å². The quantitative estimate of drug-likeness (QED) is 0.541. The number of anilines is 1. The normalized spacial score (nSPS) is 15.8. The minimum atomic E-state index is -4.36. The molecule has 9 heteroatoms. The molecule has 0 saturated carbocycles. The van der Waals surface area contributed by atoms with Gasteiger partial charge in [-0.05, 0) is 49.4 Å². The molecule has 168 valence electrons. The molecule has 1 aliphatic heterocycles. The number of nitrogens with one attached hydrogen (secondary N) is 2. The summed E-state index contributed by atoms with van der Waals surface area (Å²) in [5.41, 5.74) is 0.910. The molecule has 0 atom stereocenters. The Bertz CT molecular complexity index is 876. The Morgan fingerprint density at radius 3 is 2.55 bits per heavy atom. The van der Waals surface area contributed by atoms with E-state index < -0.39 is 11.7 Å². The molecule has 3 rings (SSSR count). The average Bonchev–Trinajstić information content (AvgIpc) is 2.76. The summed E-state index contributed by atoms with van der Waals surface area (Å²) in [6.07, 6.45) is -2.55. The lowest BCUT2D eigenvalue weighted by molar-refractivity contribution is -0.137. The summed E-state index contributed by atoms with van der Waals surface area (Å²) in [5, 5.41) is 6.39. The molecule has 0 bridgehead atoms. The van der Waals surface area contributed by atoms with E-state index in [-0.39, 0.29) is 6.54 Å². The van der Waals surface area contributed by atoms with E-state index in [1.807, 2.05) is 13.0 Å². The van der Waals surface area contributed by atoms with Gasteiger partial charge in [0.2, 0.25) is 0 Å². The van der Waals surface area contributed by atoms with E-state index in [0.29, 0.717) is 24.6 Å². The van der Waals surface area contributed by atoms with Crippen LogP contribution < -0.4 is 15.5 Å². The summed E-state index contributed by atoms with van der Waals surface area (Å²) in [6, 6.07) is 9.27. The molecule has 1 saturated heterocycles. The number of rotatable bonds is 6. The second-order valence-corrected chi connectivity index (χ2v) is 7.56. The summed E-state index contributed by atoms with van der Waals surface area (Å²) in [7, 11) is 2.12. The predicted molar refractivity (Wildman–Crippen MR) is 117 cm³/mol. The van der Waals surface area contributed by atoms with Crippen LogP contribution in [0.4, 0.5) is 19.0 Å². The van der Waals surface area contributed by atoms with Crippen molar-refractivity contribution in [1.82, 2.24) is 20.5 Å². The van der Waals surface area contributed by atoms with Crippen LogP contribution in [0.2, 0.25) is 0 Å². The van der Waals surface area contributed by atoms with E-state index in [1.165, 1.54) is 6.07 Å². The van der Waals surface area contributed by atoms with Gasteiger partial charge in [0, 0.05) is 45.5 Å². The molecule has 0 spiro atoms. The average molecular weight is 435 g/mol. The highest BCUT2D eigenvalue weighted by Crippen LogP contribution is 2.29. The number of piperazine rings is 1. The first kappa shape index (κ1) is 22.9. The lowest BCUT2D eigenvalue weighted by Gasteiger charge is -2.33. The maximum atomic E-state index is 12.9. The monoisotopic (exact) mass is 434 g/mol. The van der Waals surface area contributed by atoms with Gasteiger partial charge in [0.25, 0.3) is 0 Å². The Morgan fingerprint density at radius 2 is 1.84 bits per heavy atom. The van der Waals surface area contributed by atoms with E-state index in [2.05, 4.69) is 43.5 Å². The zero-order valence-electron chi connectivity index (χ0n) is 17.9. The van der Waals surface area contributed by atoms with Crippen molar-refractivity contribution in [2.75, 3.05) is 44.7 Å². The fourth-order valence-electron chi connectivity index (χ4n) is 3.32. The predicted octanol–water partition coefficient (Wildman–Crippen LogP) is 3.11. The molecule has 2 heterocycles. The van der Waals surface area contributed by atoms with Gasteiger partial charge in [-0.25, -0.2) is 9.98 Å². The number of aliphatic imine (C=N–C) groups is 1. The van der Waals surface area contributed by atoms with Gasteiger partial charge in [-0.3, -0.25) is 0 Å². The number of aromatic nitrogens is 1. The van der Waals surface area contributed by atoms with Gasteiger partial charge in [0.1, 0.15) is 5.82 Å². The highest BCUT2D eigenvalue weighted by atomic mass is 19.4.